The molecule has 1 aromatic heterocycles. The predicted molar refractivity (Wildman–Crippen MR) is 71.6 cm³/mol. The van der Waals surface area contributed by atoms with E-state index in [0.29, 0.717) is 13.0 Å². The van der Waals surface area contributed by atoms with Gasteiger partial charge in [-0.15, -0.1) is 0 Å². The van der Waals surface area contributed by atoms with Crippen LogP contribution >= 0.6 is 0 Å². The highest BCUT2D eigenvalue weighted by Gasteiger charge is 2.10. The monoisotopic (exact) mass is 246 g/mol. The van der Waals surface area contributed by atoms with E-state index in [1.807, 2.05) is 44.2 Å². The van der Waals surface area contributed by atoms with Crippen LogP contribution in [-0.2, 0) is 6.42 Å². The number of benzene rings is 1. The maximum absolute atomic E-state index is 11.4. The number of rotatable bonds is 4. The van der Waals surface area contributed by atoms with Crippen molar-refractivity contribution in [1.29, 1.82) is 0 Å². The molecule has 1 heterocycles. The van der Waals surface area contributed by atoms with E-state index < -0.39 is 0 Å². The molecule has 0 unspecified atom stereocenters. The molecule has 0 aliphatic carbocycles. The van der Waals surface area contributed by atoms with Gasteiger partial charge in [0.1, 0.15) is 11.3 Å². The molecule has 2 rings (SSSR count). The quantitative estimate of drug-likeness (QED) is 0.871. The summed E-state index contributed by atoms with van der Waals surface area (Å²) in [5, 5.41) is 6.67. The topological polar surface area (TPSA) is 54.3 Å². The highest BCUT2D eigenvalue weighted by molar-refractivity contribution is 5.77. The Bertz CT molecular complexity index is 500. The van der Waals surface area contributed by atoms with Crippen LogP contribution in [0.5, 0.6) is 0 Å². The molecule has 0 aliphatic rings. The number of amides is 2. The van der Waals surface area contributed by atoms with Crippen molar-refractivity contribution in [2.24, 2.45) is 0 Å². The Morgan fingerprint density at radius 1 is 1.39 bits per heavy atom. The molecule has 0 bridgehead atoms. The van der Waals surface area contributed by atoms with Crippen LogP contribution < -0.4 is 10.6 Å². The van der Waals surface area contributed by atoms with Crippen LogP contribution in [0.2, 0.25) is 0 Å². The highest BCUT2D eigenvalue weighted by Crippen LogP contribution is 2.19. The summed E-state index contributed by atoms with van der Waals surface area (Å²) in [6.45, 7) is 4.48. The number of carbonyl (C=O) groups excluding carboxylic acids is 1. The number of fused-ring (bicyclic) bond motifs is 1. The van der Waals surface area contributed by atoms with E-state index in [1.54, 1.807) is 0 Å². The van der Waals surface area contributed by atoms with Crippen molar-refractivity contribution in [3.05, 3.63) is 36.1 Å². The molecule has 2 N–H and O–H groups in total. The van der Waals surface area contributed by atoms with Crippen molar-refractivity contribution in [3.63, 3.8) is 0 Å². The smallest absolute Gasteiger partial charge is 0.314 e. The van der Waals surface area contributed by atoms with Gasteiger partial charge in [-0.25, -0.2) is 4.79 Å². The molecule has 0 radical (unpaired) electrons. The van der Waals surface area contributed by atoms with Gasteiger partial charge >= 0.3 is 6.03 Å². The molecule has 1 aromatic carbocycles. The lowest BCUT2D eigenvalue weighted by Crippen LogP contribution is -2.41. The standard InChI is InChI=1S/C14H18N2O2/c1-3-15-14(17)16-10(2)8-12-9-11-6-4-5-7-13(11)18-12/h4-7,9-10H,3,8H2,1-2H3,(H2,15,16,17)/t10-/m0/s1. The minimum absolute atomic E-state index is 0.0390. The van der Waals surface area contributed by atoms with Crippen LogP contribution in [0.1, 0.15) is 19.6 Å². The molecular formula is C14H18N2O2. The summed E-state index contributed by atoms with van der Waals surface area (Å²) < 4.78 is 5.71. The second-order valence-electron chi connectivity index (χ2n) is 4.36. The fraction of sp³-hybridized carbons (Fsp3) is 0.357. The van der Waals surface area contributed by atoms with Gasteiger partial charge in [-0.2, -0.15) is 0 Å². The Morgan fingerprint density at radius 3 is 2.89 bits per heavy atom. The van der Waals surface area contributed by atoms with Crippen LogP contribution in [0.4, 0.5) is 4.79 Å². The minimum Gasteiger partial charge on any atom is -0.461 e. The Labute approximate surface area is 106 Å². The van der Waals surface area contributed by atoms with Gasteiger partial charge < -0.3 is 15.1 Å². The van der Waals surface area contributed by atoms with Gasteiger partial charge in [-0.05, 0) is 26.0 Å². The Kier molecular flexibility index (Phi) is 3.87. The van der Waals surface area contributed by atoms with Crippen LogP contribution in [0.3, 0.4) is 0 Å². The largest absolute Gasteiger partial charge is 0.461 e. The fourth-order valence-electron chi connectivity index (χ4n) is 1.93. The number of furan rings is 1. The van der Waals surface area contributed by atoms with E-state index >= 15 is 0 Å². The van der Waals surface area contributed by atoms with Gasteiger partial charge in [-0.1, -0.05) is 18.2 Å². The highest BCUT2D eigenvalue weighted by atomic mass is 16.3. The van der Waals surface area contributed by atoms with Crippen molar-refractivity contribution >= 4 is 17.0 Å². The first-order chi connectivity index (χ1) is 8.69. The summed E-state index contributed by atoms with van der Waals surface area (Å²) in [6.07, 6.45) is 0.686. The van der Waals surface area contributed by atoms with E-state index in [2.05, 4.69) is 10.6 Å². The number of hydrogen-bond donors (Lipinski definition) is 2. The lowest BCUT2D eigenvalue weighted by molar-refractivity contribution is 0.238. The Hall–Kier alpha value is -1.97. The lowest BCUT2D eigenvalue weighted by Gasteiger charge is -2.12. The molecule has 0 spiro atoms. The minimum atomic E-state index is -0.138. The lowest BCUT2D eigenvalue weighted by atomic mass is 10.2. The molecule has 96 valence electrons. The molecule has 18 heavy (non-hydrogen) atoms. The molecule has 2 amide bonds. The van der Waals surface area contributed by atoms with Gasteiger partial charge in [0.2, 0.25) is 0 Å². The third kappa shape index (κ3) is 3.03. The summed E-state index contributed by atoms with van der Waals surface area (Å²) in [5.74, 6) is 0.889. The maximum Gasteiger partial charge on any atom is 0.314 e. The van der Waals surface area contributed by atoms with E-state index in [1.165, 1.54) is 0 Å². The first-order valence-corrected chi connectivity index (χ1v) is 6.21. The summed E-state index contributed by atoms with van der Waals surface area (Å²) in [6, 6.07) is 9.82. The third-order valence-corrected chi connectivity index (χ3v) is 2.70. The maximum atomic E-state index is 11.4. The molecule has 4 nitrogen and oxygen atoms in total. The van der Waals surface area contributed by atoms with Crippen molar-refractivity contribution in [1.82, 2.24) is 10.6 Å². The van der Waals surface area contributed by atoms with E-state index in [9.17, 15) is 4.79 Å². The van der Waals surface area contributed by atoms with Crippen LogP contribution in [0, 0.1) is 0 Å². The Balaban J connectivity index is 1.98. The molecular weight excluding hydrogens is 228 g/mol. The van der Waals surface area contributed by atoms with Crippen LogP contribution in [0.25, 0.3) is 11.0 Å². The third-order valence-electron chi connectivity index (χ3n) is 2.70. The van der Waals surface area contributed by atoms with Crippen molar-refractivity contribution in [3.8, 4) is 0 Å². The number of nitrogens with one attached hydrogen (secondary N) is 2. The van der Waals surface area contributed by atoms with Gasteiger partial charge in [0, 0.05) is 24.4 Å². The number of hydrogen-bond acceptors (Lipinski definition) is 2. The zero-order chi connectivity index (χ0) is 13.0. The molecule has 0 aliphatic heterocycles. The first-order valence-electron chi connectivity index (χ1n) is 6.21. The predicted octanol–water partition coefficient (Wildman–Crippen LogP) is 2.68. The van der Waals surface area contributed by atoms with Gasteiger partial charge in [-0.3, -0.25) is 0 Å². The van der Waals surface area contributed by atoms with Crippen molar-refractivity contribution in [2.45, 2.75) is 26.3 Å². The number of para-hydroxylation sites is 1. The van der Waals surface area contributed by atoms with E-state index in [-0.39, 0.29) is 12.1 Å². The van der Waals surface area contributed by atoms with E-state index in [0.717, 1.165) is 16.7 Å². The SMILES string of the molecule is CCNC(=O)N[C@@H](C)Cc1cc2ccccc2o1. The summed E-state index contributed by atoms with van der Waals surface area (Å²) >= 11 is 0. The Morgan fingerprint density at radius 2 is 2.17 bits per heavy atom. The number of carbonyl (C=O) groups is 1. The first kappa shape index (κ1) is 12.5. The molecule has 4 heteroatoms. The molecule has 1 atom stereocenters. The van der Waals surface area contributed by atoms with Gasteiger partial charge in [0.15, 0.2) is 0 Å². The molecule has 0 saturated heterocycles. The second-order valence-corrected chi connectivity index (χ2v) is 4.36. The van der Waals surface area contributed by atoms with Gasteiger partial charge in [0.25, 0.3) is 0 Å². The van der Waals surface area contributed by atoms with Crippen LogP contribution in [-0.4, -0.2) is 18.6 Å². The summed E-state index contributed by atoms with van der Waals surface area (Å²) in [7, 11) is 0. The zero-order valence-electron chi connectivity index (χ0n) is 10.7. The van der Waals surface area contributed by atoms with Gasteiger partial charge in [0.05, 0.1) is 0 Å². The van der Waals surface area contributed by atoms with Crippen molar-refractivity contribution < 1.29 is 9.21 Å². The number of urea groups is 1. The summed E-state index contributed by atoms with van der Waals surface area (Å²) in [4.78, 5) is 11.4. The zero-order valence-corrected chi connectivity index (χ0v) is 10.7. The molecule has 0 fully saturated rings. The van der Waals surface area contributed by atoms with E-state index in [4.69, 9.17) is 4.42 Å². The average Bonchev–Trinajstić information content (AvgIpc) is 2.70. The second kappa shape index (κ2) is 5.58. The fourth-order valence-corrected chi connectivity index (χ4v) is 1.93. The normalized spacial score (nSPS) is 12.3. The molecule has 0 saturated carbocycles. The average molecular weight is 246 g/mol. The molecule has 2 aromatic rings. The van der Waals surface area contributed by atoms with Crippen LogP contribution in [0.15, 0.2) is 34.7 Å². The van der Waals surface area contributed by atoms with Crippen molar-refractivity contribution in [2.75, 3.05) is 6.54 Å². The summed E-state index contributed by atoms with van der Waals surface area (Å²) in [5.41, 5.74) is 0.887.